The first-order valence-electron chi connectivity index (χ1n) is 2.15. The predicted octanol–water partition coefficient (Wildman–Crippen LogP) is -3.24. The van der Waals surface area contributed by atoms with Crippen molar-refractivity contribution in [3.63, 3.8) is 0 Å². The predicted molar refractivity (Wildman–Crippen MR) is 27.9 cm³/mol. The maximum atomic E-state index is 10.1. The minimum Gasteiger partial charge on any atom is -0.850 e. The Morgan fingerprint density at radius 2 is 1.12 bits per heavy atom. The van der Waals surface area contributed by atoms with Gasteiger partial charge in [0.15, 0.2) is 0 Å². The van der Waals surface area contributed by atoms with Crippen LogP contribution in [0.25, 0.3) is 0 Å². The zero-order valence-electron chi connectivity index (χ0n) is 6.36. The summed E-state index contributed by atoms with van der Waals surface area (Å²) in [5, 5.41) is 17.1. The first kappa shape index (κ1) is 16.3. The largest absolute Gasteiger partial charge is 1.00 e. The normalized spacial score (nSPS) is 8.25. The summed E-state index contributed by atoms with van der Waals surface area (Å²) in [6.07, 6.45) is 0. The van der Waals surface area contributed by atoms with E-state index in [2.05, 4.69) is 0 Å². The molecule has 0 aliphatic carbocycles. The van der Waals surface area contributed by atoms with Crippen molar-refractivity contribution in [1.29, 1.82) is 0 Å². The third-order valence-corrected chi connectivity index (χ3v) is 0. The summed E-state index contributed by atoms with van der Waals surface area (Å²) in [6, 6.07) is 0. The Balaban J connectivity index is -0.0000000750. The van der Waals surface area contributed by atoms with Crippen LogP contribution in [0, 0.1) is 0 Å². The van der Waals surface area contributed by atoms with Gasteiger partial charge in [-0.25, -0.2) is 0 Å². The van der Waals surface area contributed by atoms with Crippen molar-refractivity contribution in [1.82, 2.24) is 0 Å². The fraction of sp³-hybridized carbons (Fsp3) is 1.00. The Labute approximate surface area is 93.7 Å². The van der Waals surface area contributed by atoms with Gasteiger partial charge in [-0.15, -0.1) is 5.60 Å². The smallest absolute Gasteiger partial charge is 0.850 e. The van der Waals surface area contributed by atoms with E-state index in [0.717, 1.165) is 7.11 Å². The second-order valence-corrected chi connectivity index (χ2v) is 2.11. The number of rotatable bonds is 0. The number of aliphatic hydroxyl groups excluding tert-OH is 1. The molecule has 0 fully saturated rings. The molecule has 0 saturated carbocycles. The van der Waals surface area contributed by atoms with Crippen LogP contribution in [0.1, 0.15) is 20.8 Å². The van der Waals surface area contributed by atoms with Gasteiger partial charge in [-0.3, -0.25) is 0 Å². The number of hydrogen-bond acceptors (Lipinski definition) is 2. The molecule has 0 aliphatic heterocycles. The van der Waals surface area contributed by atoms with Crippen LogP contribution in [0.4, 0.5) is 0 Å². The average molecular weight is 144 g/mol. The van der Waals surface area contributed by atoms with Crippen molar-refractivity contribution in [2.45, 2.75) is 26.4 Å². The first-order valence-corrected chi connectivity index (χ1v) is 2.15. The van der Waals surface area contributed by atoms with Crippen LogP contribution < -0.4 is 56.5 Å². The molecule has 0 spiro atoms. The quantitative estimate of drug-likeness (QED) is 0.363. The molecular weight excluding hydrogens is 131 g/mol. The van der Waals surface area contributed by atoms with E-state index < -0.39 is 5.60 Å². The molecule has 0 atom stereocenters. The molecule has 0 radical (unpaired) electrons. The molecule has 0 rings (SSSR count). The van der Waals surface area contributed by atoms with Crippen LogP contribution >= 0.6 is 0 Å². The van der Waals surface area contributed by atoms with Gasteiger partial charge in [-0.2, -0.15) is 0 Å². The number of aliphatic hydroxyl groups is 1. The van der Waals surface area contributed by atoms with Crippen molar-refractivity contribution >= 4 is 0 Å². The van der Waals surface area contributed by atoms with Gasteiger partial charge < -0.3 is 10.2 Å². The average Bonchev–Trinajstić information content (AvgIpc) is 1.36. The molecule has 0 aromatic carbocycles. The van der Waals surface area contributed by atoms with Crippen molar-refractivity contribution in [3.8, 4) is 0 Å². The zero-order chi connectivity index (χ0) is 6.50. The fourth-order valence-corrected chi connectivity index (χ4v) is 0. The van der Waals surface area contributed by atoms with E-state index in [1.807, 2.05) is 0 Å². The molecule has 0 amide bonds. The standard InChI is InChI=1S/C4H9O.CH4O.K/c1-4(2,3)5;1-2;/h1-3H3;2H,1H3;/q-1;;+1. The van der Waals surface area contributed by atoms with E-state index in [9.17, 15) is 5.11 Å². The molecule has 3 heteroatoms. The molecule has 0 aromatic heterocycles. The molecule has 0 bridgehead atoms. The Morgan fingerprint density at radius 3 is 1.12 bits per heavy atom. The summed E-state index contributed by atoms with van der Waals surface area (Å²) in [6.45, 7) is 4.90. The van der Waals surface area contributed by atoms with E-state index in [-0.39, 0.29) is 51.4 Å². The van der Waals surface area contributed by atoms with Gasteiger partial charge in [0.2, 0.25) is 0 Å². The Kier molecular flexibility index (Phi) is 17.4. The molecule has 8 heavy (non-hydrogen) atoms. The summed E-state index contributed by atoms with van der Waals surface area (Å²) in [4.78, 5) is 0. The van der Waals surface area contributed by atoms with E-state index in [4.69, 9.17) is 5.11 Å². The molecular formula is C5H13KO2. The van der Waals surface area contributed by atoms with Crippen LogP contribution in [0.15, 0.2) is 0 Å². The van der Waals surface area contributed by atoms with Crippen molar-refractivity contribution < 1.29 is 61.6 Å². The first-order chi connectivity index (χ1) is 3.00. The van der Waals surface area contributed by atoms with Crippen LogP contribution in [-0.4, -0.2) is 17.8 Å². The van der Waals surface area contributed by atoms with Crippen molar-refractivity contribution in [2.24, 2.45) is 0 Å². The van der Waals surface area contributed by atoms with Gasteiger partial charge in [0.1, 0.15) is 0 Å². The SMILES string of the molecule is CC(C)(C)[O-].CO.[K+]. The van der Waals surface area contributed by atoms with E-state index >= 15 is 0 Å². The second-order valence-electron chi connectivity index (χ2n) is 2.11. The summed E-state index contributed by atoms with van der Waals surface area (Å²) < 4.78 is 0. The minimum atomic E-state index is -0.750. The van der Waals surface area contributed by atoms with Gasteiger partial charge in [0.25, 0.3) is 0 Å². The molecule has 0 heterocycles. The Morgan fingerprint density at radius 1 is 1.12 bits per heavy atom. The molecule has 46 valence electrons. The van der Waals surface area contributed by atoms with Crippen LogP contribution in [-0.2, 0) is 0 Å². The summed E-state index contributed by atoms with van der Waals surface area (Å²) in [5.74, 6) is 0. The second kappa shape index (κ2) is 8.56. The van der Waals surface area contributed by atoms with Crippen molar-refractivity contribution in [2.75, 3.05) is 7.11 Å². The molecule has 0 saturated heterocycles. The van der Waals surface area contributed by atoms with E-state index in [1.54, 1.807) is 20.8 Å². The summed E-state index contributed by atoms with van der Waals surface area (Å²) in [5.41, 5.74) is -0.750. The molecule has 2 nitrogen and oxygen atoms in total. The summed E-state index contributed by atoms with van der Waals surface area (Å²) in [7, 11) is 1.00. The molecule has 0 unspecified atom stereocenters. The Bertz CT molecular complexity index is 25.9. The molecule has 0 aromatic rings. The van der Waals surface area contributed by atoms with Gasteiger partial charge in [0.05, 0.1) is 0 Å². The Hall–Kier alpha value is 1.56. The van der Waals surface area contributed by atoms with Crippen LogP contribution in [0.2, 0.25) is 0 Å². The fourth-order valence-electron chi connectivity index (χ4n) is 0. The van der Waals surface area contributed by atoms with Crippen molar-refractivity contribution in [3.05, 3.63) is 0 Å². The van der Waals surface area contributed by atoms with Crippen LogP contribution in [0.5, 0.6) is 0 Å². The molecule has 0 aliphatic rings. The van der Waals surface area contributed by atoms with E-state index in [0.29, 0.717) is 0 Å². The number of hydrogen-bond donors (Lipinski definition) is 1. The van der Waals surface area contributed by atoms with Gasteiger partial charge in [-0.05, 0) is 0 Å². The third-order valence-electron chi connectivity index (χ3n) is 0. The zero-order valence-corrected chi connectivity index (χ0v) is 9.48. The van der Waals surface area contributed by atoms with Gasteiger partial charge in [-0.1, -0.05) is 20.8 Å². The molecule has 1 N–H and O–H groups in total. The summed E-state index contributed by atoms with van der Waals surface area (Å²) >= 11 is 0. The maximum absolute atomic E-state index is 10.1. The minimum absolute atomic E-state index is 0. The maximum Gasteiger partial charge on any atom is 1.00 e. The van der Waals surface area contributed by atoms with Gasteiger partial charge in [0, 0.05) is 7.11 Å². The van der Waals surface area contributed by atoms with Crippen LogP contribution in [0.3, 0.4) is 0 Å². The third kappa shape index (κ3) is 134. The van der Waals surface area contributed by atoms with E-state index in [1.165, 1.54) is 0 Å². The van der Waals surface area contributed by atoms with Gasteiger partial charge >= 0.3 is 51.4 Å². The monoisotopic (exact) mass is 144 g/mol. The topological polar surface area (TPSA) is 43.3 Å².